The highest BCUT2D eigenvalue weighted by Gasteiger charge is 2.32. The number of hydrogen-bond donors (Lipinski definition) is 3. The van der Waals surface area contributed by atoms with Gasteiger partial charge in [-0.25, -0.2) is 9.97 Å². The normalized spacial score (nSPS) is 13.8. The number of rotatable bonds is 8. The molecule has 0 saturated heterocycles. The van der Waals surface area contributed by atoms with Gasteiger partial charge in [-0.2, -0.15) is 0 Å². The van der Waals surface area contributed by atoms with E-state index in [9.17, 15) is 9.59 Å². The summed E-state index contributed by atoms with van der Waals surface area (Å²) in [4.78, 5) is 43.7. The number of amides is 1. The first-order chi connectivity index (χ1) is 21.0. The number of benzene rings is 3. The predicted octanol–water partition coefficient (Wildman–Crippen LogP) is 5.85. The van der Waals surface area contributed by atoms with Gasteiger partial charge in [0.15, 0.2) is 0 Å². The van der Waals surface area contributed by atoms with Gasteiger partial charge in [0, 0.05) is 35.8 Å². The standard InChI is InChI=1S/C34H30N6O3/c1-40(2)18-6-11-29(41)43-20-12-13-27-28(19-20)38-33(37-27)26-10-5-9-25-30(26)21-7-3-4-8-22(21)31(25)39-34(42)24-15-17-36-32-23(24)14-16-35-32/h3-5,7-10,12-17,19,31H,6,11,18H2,1-2H3,(H,35,36)(H,37,38)(H,39,42)/t31-/m1/s1. The molecular formula is C34H30N6O3. The maximum absolute atomic E-state index is 13.6. The summed E-state index contributed by atoms with van der Waals surface area (Å²) in [5.74, 6) is 0.760. The SMILES string of the molecule is CN(C)CCCC(=O)Oc1ccc2nc(-c3cccc4c3-c3ccccc3[C@H]4NC(=O)c3ccnc4[nH]ccc34)[nH]c2c1. The summed E-state index contributed by atoms with van der Waals surface area (Å²) in [6.45, 7) is 0.827. The van der Waals surface area contributed by atoms with Crippen molar-refractivity contribution in [1.82, 2.24) is 30.2 Å². The number of aromatic amines is 2. The van der Waals surface area contributed by atoms with Crippen molar-refractivity contribution in [3.05, 3.63) is 102 Å². The summed E-state index contributed by atoms with van der Waals surface area (Å²) in [6, 6.07) is 22.9. The van der Waals surface area contributed by atoms with Crippen molar-refractivity contribution in [3.8, 4) is 28.3 Å². The zero-order chi connectivity index (χ0) is 29.5. The molecule has 0 fully saturated rings. The van der Waals surface area contributed by atoms with Crippen LogP contribution in [-0.4, -0.2) is 57.4 Å². The maximum atomic E-state index is 13.6. The molecule has 7 rings (SSSR count). The third-order valence-electron chi connectivity index (χ3n) is 7.86. The highest BCUT2D eigenvalue weighted by Crippen LogP contribution is 2.47. The summed E-state index contributed by atoms with van der Waals surface area (Å²) in [7, 11) is 3.96. The molecule has 0 radical (unpaired) electrons. The van der Waals surface area contributed by atoms with Crippen LogP contribution in [-0.2, 0) is 4.79 Å². The Balaban J connectivity index is 1.21. The second-order valence-electron chi connectivity index (χ2n) is 11.0. The molecule has 1 atom stereocenters. The van der Waals surface area contributed by atoms with Gasteiger partial charge in [0.2, 0.25) is 0 Å². The van der Waals surface area contributed by atoms with Gasteiger partial charge < -0.3 is 24.9 Å². The number of nitrogens with one attached hydrogen (secondary N) is 3. The molecule has 0 saturated carbocycles. The Morgan fingerprint density at radius 3 is 2.70 bits per heavy atom. The maximum Gasteiger partial charge on any atom is 0.311 e. The minimum atomic E-state index is -0.330. The van der Waals surface area contributed by atoms with Crippen molar-refractivity contribution in [2.45, 2.75) is 18.9 Å². The number of esters is 1. The van der Waals surface area contributed by atoms with Crippen molar-refractivity contribution in [3.63, 3.8) is 0 Å². The zero-order valence-electron chi connectivity index (χ0n) is 23.8. The fraction of sp³-hybridized carbons (Fsp3) is 0.176. The van der Waals surface area contributed by atoms with E-state index < -0.39 is 0 Å². The Labute approximate surface area is 247 Å². The lowest BCUT2D eigenvalue weighted by Crippen LogP contribution is -2.28. The number of pyridine rings is 1. The van der Waals surface area contributed by atoms with Gasteiger partial charge in [-0.05, 0) is 73.6 Å². The van der Waals surface area contributed by atoms with Crippen molar-refractivity contribution in [1.29, 1.82) is 0 Å². The minimum Gasteiger partial charge on any atom is -0.426 e. The summed E-state index contributed by atoms with van der Waals surface area (Å²) < 4.78 is 5.60. The van der Waals surface area contributed by atoms with Crippen molar-refractivity contribution in [2.75, 3.05) is 20.6 Å². The van der Waals surface area contributed by atoms with E-state index in [0.717, 1.165) is 57.2 Å². The van der Waals surface area contributed by atoms with Crippen LogP contribution in [0, 0.1) is 0 Å². The Morgan fingerprint density at radius 1 is 0.977 bits per heavy atom. The monoisotopic (exact) mass is 570 g/mol. The van der Waals surface area contributed by atoms with Crippen LogP contribution in [0.4, 0.5) is 0 Å². The Hall–Kier alpha value is -5.28. The van der Waals surface area contributed by atoms with Gasteiger partial charge >= 0.3 is 5.97 Å². The van der Waals surface area contributed by atoms with E-state index in [-0.39, 0.29) is 17.9 Å². The van der Waals surface area contributed by atoms with Crippen molar-refractivity contribution < 1.29 is 14.3 Å². The molecule has 0 spiro atoms. The second kappa shape index (κ2) is 10.8. The molecule has 3 aromatic carbocycles. The molecule has 9 heteroatoms. The summed E-state index contributed by atoms with van der Waals surface area (Å²) in [6.07, 6.45) is 4.52. The average molecular weight is 571 g/mol. The first-order valence-corrected chi connectivity index (χ1v) is 14.3. The van der Waals surface area contributed by atoms with E-state index in [1.54, 1.807) is 24.5 Å². The Morgan fingerprint density at radius 2 is 1.81 bits per heavy atom. The van der Waals surface area contributed by atoms with Gasteiger partial charge in [-0.1, -0.05) is 42.5 Å². The number of hydrogen-bond acceptors (Lipinski definition) is 6. The molecule has 0 bridgehead atoms. The highest BCUT2D eigenvalue weighted by atomic mass is 16.5. The fourth-order valence-corrected chi connectivity index (χ4v) is 5.88. The Bertz CT molecular complexity index is 2010. The first kappa shape index (κ1) is 26.6. The van der Waals surface area contributed by atoms with Gasteiger partial charge in [0.05, 0.1) is 22.6 Å². The number of nitrogens with zero attached hydrogens (tertiary/aromatic N) is 3. The number of ether oxygens (including phenoxy) is 1. The van der Waals surface area contributed by atoms with Crippen LogP contribution < -0.4 is 10.1 Å². The molecule has 0 aliphatic heterocycles. The van der Waals surface area contributed by atoms with Crippen LogP contribution >= 0.6 is 0 Å². The molecule has 3 heterocycles. The lowest BCUT2D eigenvalue weighted by Gasteiger charge is -2.16. The number of carbonyl (C=O) groups is 2. The number of aromatic nitrogens is 4. The highest BCUT2D eigenvalue weighted by molar-refractivity contribution is 6.06. The van der Waals surface area contributed by atoms with Gasteiger partial charge in [0.25, 0.3) is 5.91 Å². The number of fused-ring (bicyclic) bond motifs is 5. The molecular weight excluding hydrogens is 540 g/mol. The zero-order valence-corrected chi connectivity index (χ0v) is 23.8. The third-order valence-corrected chi connectivity index (χ3v) is 7.86. The summed E-state index contributed by atoms with van der Waals surface area (Å²) in [5, 5.41) is 4.06. The number of carbonyl (C=O) groups excluding carboxylic acids is 2. The van der Waals surface area contributed by atoms with Crippen LogP contribution in [0.5, 0.6) is 5.75 Å². The summed E-state index contributed by atoms with van der Waals surface area (Å²) >= 11 is 0. The lowest BCUT2D eigenvalue weighted by atomic mass is 9.98. The van der Waals surface area contributed by atoms with E-state index in [1.807, 2.05) is 61.5 Å². The molecule has 3 N–H and O–H groups in total. The number of imidazole rings is 1. The molecule has 214 valence electrons. The molecule has 9 nitrogen and oxygen atoms in total. The third kappa shape index (κ3) is 4.93. The molecule has 1 amide bonds. The Kier molecular flexibility index (Phi) is 6.71. The quantitative estimate of drug-likeness (QED) is 0.156. The second-order valence-corrected chi connectivity index (χ2v) is 11.0. The van der Waals surface area contributed by atoms with Crippen LogP contribution in [0.15, 0.2) is 85.2 Å². The molecule has 1 aliphatic rings. The topological polar surface area (TPSA) is 116 Å². The van der Waals surface area contributed by atoms with Crippen LogP contribution in [0.3, 0.4) is 0 Å². The van der Waals surface area contributed by atoms with Crippen LogP contribution in [0.2, 0.25) is 0 Å². The molecule has 1 aliphatic carbocycles. The first-order valence-electron chi connectivity index (χ1n) is 14.3. The van der Waals surface area contributed by atoms with E-state index in [0.29, 0.717) is 29.2 Å². The van der Waals surface area contributed by atoms with Gasteiger partial charge in [0.1, 0.15) is 17.2 Å². The van der Waals surface area contributed by atoms with E-state index >= 15 is 0 Å². The van der Waals surface area contributed by atoms with Gasteiger partial charge in [-0.3, -0.25) is 9.59 Å². The van der Waals surface area contributed by atoms with Crippen molar-refractivity contribution in [2.24, 2.45) is 0 Å². The van der Waals surface area contributed by atoms with Gasteiger partial charge in [-0.15, -0.1) is 0 Å². The number of H-pyrrole nitrogens is 2. The molecule has 6 aromatic rings. The van der Waals surface area contributed by atoms with E-state index in [2.05, 4.69) is 38.5 Å². The van der Waals surface area contributed by atoms with Crippen LogP contribution in [0.1, 0.15) is 40.4 Å². The fourth-order valence-electron chi connectivity index (χ4n) is 5.88. The lowest BCUT2D eigenvalue weighted by molar-refractivity contribution is -0.134. The minimum absolute atomic E-state index is 0.169. The molecule has 3 aromatic heterocycles. The average Bonchev–Trinajstić information content (AvgIpc) is 3.73. The largest absolute Gasteiger partial charge is 0.426 e. The van der Waals surface area contributed by atoms with E-state index in [4.69, 9.17) is 9.72 Å². The molecule has 43 heavy (non-hydrogen) atoms. The predicted molar refractivity (Wildman–Crippen MR) is 166 cm³/mol. The molecule has 0 unspecified atom stereocenters. The van der Waals surface area contributed by atoms with E-state index in [1.165, 1.54) is 0 Å². The van der Waals surface area contributed by atoms with Crippen molar-refractivity contribution >= 4 is 33.9 Å². The van der Waals surface area contributed by atoms with Crippen LogP contribution in [0.25, 0.3) is 44.6 Å². The summed E-state index contributed by atoms with van der Waals surface area (Å²) in [5.41, 5.74) is 7.81. The smallest absolute Gasteiger partial charge is 0.311 e.